The number of hydrogen-bond donors (Lipinski definition) is 1. The zero-order valence-electron chi connectivity index (χ0n) is 16.8. The van der Waals surface area contributed by atoms with Crippen molar-refractivity contribution in [1.82, 2.24) is 15.5 Å². The second kappa shape index (κ2) is 8.61. The van der Waals surface area contributed by atoms with Gasteiger partial charge >= 0.3 is 0 Å². The number of rotatable bonds is 6. The second-order valence-electron chi connectivity index (χ2n) is 6.89. The molecule has 0 bridgehead atoms. The van der Waals surface area contributed by atoms with Crippen LogP contribution in [0.5, 0.6) is 11.5 Å². The van der Waals surface area contributed by atoms with E-state index in [0.29, 0.717) is 23.6 Å². The summed E-state index contributed by atoms with van der Waals surface area (Å²) < 4.78 is 11.2. The molecule has 1 N–H and O–H groups in total. The van der Waals surface area contributed by atoms with Crippen LogP contribution in [-0.4, -0.2) is 16.0 Å². The average molecular weight is 399 g/mol. The van der Waals surface area contributed by atoms with Crippen molar-refractivity contribution in [3.8, 4) is 22.8 Å². The van der Waals surface area contributed by atoms with Gasteiger partial charge in [0.2, 0.25) is 0 Å². The first-order chi connectivity index (χ1) is 14.6. The first-order valence-corrected chi connectivity index (χ1v) is 9.59. The van der Waals surface area contributed by atoms with Crippen molar-refractivity contribution in [2.75, 3.05) is 0 Å². The highest BCUT2D eigenvalue weighted by molar-refractivity contribution is 6.00. The van der Waals surface area contributed by atoms with Crippen molar-refractivity contribution in [3.05, 3.63) is 95.5 Å². The minimum Gasteiger partial charge on any atom is -0.457 e. The maximum atomic E-state index is 12.8. The maximum Gasteiger partial charge on any atom is 0.257 e. The lowest BCUT2D eigenvalue weighted by Gasteiger charge is -2.10. The van der Waals surface area contributed by atoms with Crippen LogP contribution in [-0.2, 0) is 6.54 Å². The van der Waals surface area contributed by atoms with Crippen LogP contribution >= 0.6 is 0 Å². The Hall–Kier alpha value is -3.93. The fraction of sp³-hybridized carbons (Fsp3) is 0.125. The van der Waals surface area contributed by atoms with Gasteiger partial charge in [0.05, 0.1) is 0 Å². The van der Waals surface area contributed by atoms with Gasteiger partial charge in [0.25, 0.3) is 5.91 Å². The summed E-state index contributed by atoms with van der Waals surface area (Å²) in [6.07, 6.45) is 3.31. The van der Waals surface area contributed by atoms with Crippen LogP contribution in [0.25, 0.3) is 11.3 Å². The van der Waals surface area contributed by atoms with Crippen LogP contribution in [0.2, 0.25) is 0 Å². The van der Waals surface area contributed by atoms with Crippen LogP contribution in [0.4, 0.5) is 0 Å². The van der Waals surface area contributed by atoms with Gasteiger partial charge in [-0.25, -0.2) is 0 Å². The number of pyridine rings is 1. The van der Waals surface area contributed by atoms with Crippen molar-refractivity contribution in [2.45, 2.75) is 20.4 Å². The highest BCUT2D eigenvalue weighted by Gasteiger charge is 2.21. The number of nitrogens with one attached hydrogen (secondary N) is 1. The molecule has 6 heteroatoms. The van der Waals surface area contributed by atoms with E-state index in [1.54, 1.807) is 31.5 Å². The summed E-state index contributed by atoms with van der Waals surface area (Å²) in [7, 11) is 0. The van der Waals surface area contributed by atoms with Crippen LogP contribution in [0.1, 0.15) is 27.2 Å². The van der Waals surface area contributed by atoms with Gasteiger partial charge in [-0.15, -0.1) is 0 Å². The molecule has 0 aliphatic rings. The van der Waals surface area contributed by atoms with Crippen LogP contribution in [0.15, 0.2) is 77.6 Å². The number of hydrogen-bond acceptors (Lipinski definition) is 5. The van der Waals surface area contributed by atoms with Gasteiger partial charge in [-0.05, 0) is 55.3 Å². The normalized spacial score (nSPS) is 10.6. The Labute approximate surface area is 174 Å². The summed E-state index contributed by atoms with van der Waals surface area (Å²) in [6, 6.07) is 19.1. The molecular weight excluding hydrogens is 378 g/mol. The molecular formula is C24H21N3O3. The molecule has 0 saturated heterocycles. The molecule has 4 aromatic rings. The number of ether oxygens (including phenoxy) is 1. The van der Waals surface area contributed by atoms with Gasteiger partial charge in [0, 0.05) is 24.5 Å². The Bertz CT molecular complexity index is 1150. The van der Waals surface area contributed by atoms with Crippen molar-refractivity contribution >= 4 is 5.91 Å². The van der Waals surface area contributed by atoms with Crippen molar-refractivity contribution in [3.63, 3.8) is 0 Å². The van der Waals surface area contributed by atoms with E-state index in [4.69, 9.17) is 9.26 Å². The fourth-order valence-corrected chi connectivity index (χ4v) is 3.09. The van der Waals surface area contributed by atoms with E-state index in [1.165, 1.54) is 0 Å². The quantitative estimate of drug-likeness (QED) is 0.489. The molecule has 0 aliphatic carbocycles. The summed E-state index contributed by atoms with van der Waals surface area (Å²) in [5.41, 5.74) is 3.75. The maximum absolute atomic E-state index is 12.8. The van der Waals surface area contributed by atoms with E-state index < -0.39 is 0 Å². The fourth-order valence-electron chi connectivity index (χ4n) is 3.09. The smallest absolute Gasteiger partial charge is 0.257 e. The molecule has 0 aliphatic heterocycles. The van der Waals surface area contributed by atoms with E-state index in [2.05, 4.69) is 15.5 Å². The van der Waals surface area contributed by atoms with Crippen LogP contribution in [0, 0.1) is 13.8 Å². The van der Waals surface area contributed by atoms with Crippen molar-refractivity contribution in [2.24, 2.45) is 0 Å². The minimum absolute atomic E-state index is 0.235. The van der Waals surface area contributed by atoms with Crippen molar-refractivity contribution < 1.29 is 14.1 Å². The Balaban J connectivity index is 1.43. The lowest BCUT2D eigenvalue weighted by atomic mass is 10.1. The molecule has 150 valence electrons. The number of benzene rings is 2. The Morgan fingerprint density at radius 1 is 1.00 bits per heavy atom. The summed E-state index contributed by atoms with van der Waals surface area (Å²) in [5.74, 6) is 1.81. The molecule has 0 spiro atoms. The van der Waals surface area contributed by atoms with E-state index in [0.717, 1.165) is 28.2 Å². The number of amides is 1. The third-order valence-corrected chi connectivity index (χ3v) is 4.74. The number of nitrogens with zero attached hydrogens (tertiary/aromatic N) is 2. The third kappa shape index (κ3) is 4.22. The lowest BCUT2D eigenvalue weighted by Crippen LogP contribution is -2.23. The second-order valence-corrected chi connectivity index (χ2v) is 6.89. The van der Waals surface area contributed by atoms with Crippen molar-refractivity contribution in [1.29, 1.82) is 0 Å². The van der Waals surface area contributed by atoms with E-state index in [1.807, 2.05) is 55.5 Å². The molecule has 2 aromatic heterocycles. The summed E-state index contributed by atoms with van der Waals surface area (Å²) in [4.78, 5) is 16.8. The van der Waals surface area contributed by atoms with Crippen LogP contribution < -0.4 is 10.1 Å². The monoisotopic (exact) mass is 399 g/mol. The Morgan fingerprint density at radius 3 is 2.47 bits per heavy atom. The molecule has 6 nitrogen and oxygen atoms in total. The first-order valence-electron chi connectivity index (χ1n) is 9.59. The standard InChI is InChI=1S/C24H21N3O3/c1-16-5-3-4-6-21(16)29-20-9-7-18(8-10-20)15-26-24(28)22-17(2)30-27-23(22)19-11-13-25-14-12-19/h3-14H,15H2,1-2H3,(H,26,28). The van der Waals surface area contributed by atoms with E-state index >= 15 is 0 Å². The topological polar surface area (TPSA) is 77.2 Å². The zero-order chi connectivity index (χ0) is 20.9. The molecule has 30 heavy (non-hydrogen) atoms. The number of aromatic nitrogens is 2. The van der Waals surface area contributed by atoms with E-state index in [-0.39, 0.29) is 5.91 Å². The van der Waals surface area contributed by atoms with Gasteiger partial charge in [-0.2, -0.15) is 0 Å². The predicted molar refractivity (Wildman–Crippen MR) is 113 cm³/mol. The van der Waals surface area contributed by atoms with Gasteiger partial charge < -0.3 is 14.6 Å². The molecule has 0 fully saturated rings. The first kappa shape index (κ1) is 19.4. The van der Waals surface area contributed by atoms with Gasteiger partial charge in [0.15, 0.2) is 0 Å². The lowest BCUT2D eigenvalue weighted by molar-refractivity contribution is 0.0950. The van der Waals surface area contributed by atoms with E-state index in [9.17, 15) is 4.79 Å². The van der Waals surface area contributed by atoms with Gasteiger partial charge in [-0.3, -0.25) is 9.78 Å². The third-order valence-electron chi connectivity index (χ3n) is 4.74. The highest BCUT2D eigenvalue weighted by atomic mass is 16.5. The minimum atomic E-state index is -0.235. The zero-order valence-corrected chi connectivity index (χ0v) is 16.8. The molecule has 2 aromatic carbocycles. The summed E-state index contributed by atoms with van der Waals surface area (Å²) in [5, 5.41) is 6.98. The molecule has 1 amide bonds. The van der Waals surface area contributed by atoms with Gasteiger partial charge in [-0.1, -0.05) is 35.5 Å². The molecule has 0 saturated carbocycles. The predicted octanol–water partition coefficient (Wildman–Crippen LogP) is 5.08. The largest absolute Gasteiger partial charge is 0.457 e. The summed E-state index contributed by atoms with van der Waals surface area (Å²) >= 11 is 0. The molecule has 0 atom stereocenters. The molecule has 0 radical (unpaired) electrons. The number of para-hydroxylation sites is 1. The Kier molecular flexibility index (Phi) is 5.57. The average Bonchev–Trinajstić information content (AvgIpc) is 3.17. The van der Waals surface area contributed by atoms with Gasteiger partial charge in [0.1, 0.15) is 28.5 Å². The highest BCUT2D eigenvalue weighted by Crippen LogP contribution is 2.26. The number of aryl methyl sites for hydroxylation is 2. The molecule has 2 heterocycles. The molecule has 4 rings (SSSR count). The Morgan fingerprint density at radius 2 is 1.73 bits per heavy atom. The molecule has 0 unspecified atom stereocenters. The SMILES string of the molecule is Cc1ccccc1Oc1ccc(CNC(=O)c2c(-c3ccncc3)noc2C)cc1. The number of carbonyl (C=O) groups excluding carboxylic acids is 1. The summed E-state index contributed by atoms with van der Waals surface area (Å²) in [6.45, 7) is 4.11. The van der Waals surface area contributed by atoms with Crippen LogP contribution in [0.3, 0.4) is 0 Å². The number of carbonyl (C=O) groups is 1.